The van der Waals surface area contributed by atoms with Gasteiger partial charge >= 0.3 is 5.97 Å². The van der Waals surface area contributed by atoms with Gasteiger partial charge in [-0.05, 0) is 17.7 Å². The van der Waals surface area contributed by atoms with E-state index in [9.17, 15) is 9.90 Å². The van der Waals surface area contributed by atoms with Gasteiger partial charge in [0.05, 0.1) is 12.2 Å². The molecule has 0 bridgehead atoms. The van der Waals surface area contributed by atoms with E-state index in [1.165, 1.54) is 0 Å². The van der Waals surface area contributed by atoms with Crippen LogP contribution in [0, 0.1) is 0 Å². The highest BCUT2D eigenvalue weighted by molar-refractivity contribution is 9.10. The van der Waals surface area contributed by atoms with Crippen LogP contribution in [-0.2, 0) is 11.3 Å². The van der Waals surface area contributed by atoms with Crippen molar-refractivity contribution in [3.8, 4) is 0 Å². The van der Waals surface area contributed by atoms with E-state index in [1.54, 1.807) is 18.2 Å². The van der Waals surface area contributed by atoms with E-state index in [0.717, 1.165) is 10.0 Å². The van der Waals surface area contributed by atoms with E-state index in [1.807, 2.05) is 0 Å². The number of benzene rings is 1. The van der Waals surface area contributed by atoms with Crippen LogP contribution in [0.25, 0.3) is 0 Å². The fourth-order valence-electron chi connectivity index (χ4n) is 1.99. The highest BCUT2D eigenvalue weighted by Gasteiger charge is 2.31. The molecular weight excluding hydrogens is 314 g/mol. The second kappa shape index (κ2) is 6.00. The van der Waals surface area contributed by atoms with Crippen molar-refractivity contribution in [2.75, 3.05) is 19.8 Å². The van der Waals surface area contributed by atoms with E-state index in [4.69, 9.17) is 9.84 Å². The topological polar surface area (TPSA) is 78.8 Å². The molecule has 0 spiro atoms. The number of hydrogen-bond acceptors (Lipinski definition) is 4. The van der Waals surface area contributed by atoms with Gasteiger partial charge in [0.15, 0.2) is 0 Å². The maximum atomic E-state index is 10.8. The molecular formula is C13H16BrNO4. The van der Waals surface area contributed by atoms with Gasteiger partial charge in [-0.3, -0.25) is 0 Å². The molecule has 0 saturated carbocycles. The molecule has 1 aliphatic rings. The number of carbonyl (C=O) groups is 1. The summed E-state index contributed by atoms with van der Waals surface area (Å²) in [6.07, 6.45) is 0.638. The zero-order chi connectivity index (χ0) is 13.9. The molecule has 1 saturated heterocycles. The Morgan fingerprint density at radius 3 is 2.89 bits per heavy atom. The summed E-state index contributed by atoms with van der Waals surface area (Å²) in [4.78, 5) is 10.8. The van der Waals surface area contributed by atoms with Crippen LogP contribution >= 0.6 is 15.9 Å². The molecule has 19 heavy (non-hydrogen) atoms. The lowest BCUT2D eigenvalue weighted by atomic mass is 10.0. The van der Waals surface area contributed by atoms with E-state index < -0.39 is 11.6 Å². The second-order valence-electron chi connectivity index (χ2n) is 4.74. The summed E-state index contributed by atoms with van der Waals surface area (Å²) in [7, 11) is 0. The molecule has 0 radical (unpaired) electrons. The third kappa shape index (κ3) is 3.76. The minimum Gasteiger partial charge on any atom is -0.478 e. The normalized spacial score (nSPS) is 22.6. The fraction of sp³-hybridized carbons (Fsp3) is 0.462. The van der Waals surface area contributed by atoms with Gasteiger partial charge in [0, 0.05) is 30.6 Å². The number of carboxylic acids is 1. The first-order valence-corrected chi connectivity index (χ1v) is 6.82. The van der Waals surface area contributed by atoms with Gasteiger partial charge in [-0.2, -0.15) is 0 Å². The Labute approximate surface area is 119 Å². The Kier molecular flexibility index (Phi) is 4.57. The first-order valence-electron chi connectivity index (χ1n) is 6.03. The molecule has 1 aromatic carbocycles. The molecule has 0 aliphatic carbocycles. The molecule has 104 valence electrons. The summed E-state index contributed by atoms with van der Waals surface area (Å²) in [6, 6.07) is 4.90. The molecule has 1 fully saturated rings. The lowest BCUT2D eigenvalue weighted by Crippen LogP contribution is -2.40. The lowest BCUT2D eigenvalue weighted by molar-refractivity contribution is 0.0268. The summed E-state index contributed by atoms with van der Waals surface area (Å²) < 4.78 is 5.91. The minimum atomic E-state index is -0.947. The number of carboxylic acid groups (broad SMARTS) is 1. The van der Waals surface area contributed by atoms with Gasteiger partial charge in [0.2, 0.25) is 0 Å². The number of aliphatic hydroxyl groups is 1. The molecule has 2 rings (SSSR count). The van der Waals surface area contributed by atoms with Crippen LogP contribution < -0.4 is 5.32 Å². The van der Waals surface area contributed by atoms with Crippen molar-refractivity contribution in [2.24, 2.45) is 0 Å². The zero-order valence-electron chi connectivity index (χ0n) is 10.4. The molecule has 1 aliphatic heterocycles. The van der Waals surface area contributed by atoms with Crippen molar-refractivity contribution in [3.05, 3.63) is 33.8 Å². The van der Waals surface area contributed by atoms with Gasteiger partial charge in [0.1, 0.15) is 5.60 Å². The van der Waals surface area contributed by atoms with Crippen molar-refractivity contribution < 1.29 is 19.7 Å². The number of rotatable bonds is 5. The van der Waals surface area contributed by atoms with Gasteiger partial charge < -0.3 is 20.3 Å². The second-order valence-corrected chi connectivity index (χ2v) is 5.60. The molecule has 1 unspecified atom stereocenters. The van der Waals surface area contributed by atoms with Crippen LogP contribution in [0.5, 0.6) is 0 Å². The number of nitrogens with one attached hydrogen (secondary N) is 1. The Bertz CT molecular complexity index is 472. The van der Waals surface area contributed by atoms with Crippen molar-refractivity contribution in [2.45, 2.75) is 18.6 Å². The van der Waals surface area contributed by atoms with Gasteiger partial charge in [-0.1, -0.05) is 22.0 Å². The van der Waals surface area contributed by atoms with Crippen LogP contribution in [0.4, 0.5) is 0 Å². The van der Waals surface area contributed by atoms with Gasteiger partial charge in [0.25, 0.3) is 0 Å². The lowest BCUT2D eigenvalue weighted by Gasteiger charge is -2.21. The Morgan fingerprint density at radius 2 is 2.32 bits per heavy atom. The monoisotopic (exact) mass is 329 g/mol. The average molecular weight is 330 g/mol. The number of aromatic carboxylic acids is 1. The molecule has 3 N–H and O–H groups in total. The van der Waals surface area contributed by atoms with E-state index in [-0.39, 0.29) is 5.56 Å². The number of ether oxygens (including phenoxy) is 1. The third-order valence-electron chi connectivity index (χ3n) is 3.15. The highest BCUT2D eigenvalue weighted by Crippen LogP contribution is 2.20. The Morgan fingerprint density at radius 1 is 1.53 bits per heavy atom. The number of halogens is 1. The van der Waals surface area contributed by atoms with Crippen LogP contribution in [-0.4, -0.2) is 41.5 Å². The van der Waals surface area contributed by atoms with Gasteiger partial charge in [-0.15, -0.1) is 0 Å². The smallest absolute Gasteiger partial charge is 0.335 e. The molecule has 1 aromatic rings. The molecule has 1 atom stereocenters. The highest BCUT2D eigenvalue weighted by atomic mass is 79.9. The summed E-state index contributed by atoms with van der Waals surface area (Å²) in [5, 5.41) is 22.1. The predicted molar refractivity (Wildman–Crippen MR) is 73.2 cm³/mol. The quantitative estimate of drug-likeness (QED) is 0.760. The minimum absolute atomic E-state index is 0.249. The Balaban J connectivity index is 1.91. The van der Waals surface area contributed by atoms with Crippen LogP contribution in [0.1, 0.15) is 22.3 Å². The largest absolute Gasteiger partial charge is 0.478 e. The SMILES string of the molecule is O=C(O)c1ccc(CNCC2(O)CCOC2)c(Br)c1. The third-order valence-corrected chi connectivity index (χ3v) is 3.89. The molecule has 6 heteroatoms. The summed E-state index contributed by atoms with van der Waals surface area (Å²) in [5.41, 5.74) is 0.416. The van der Waals surface area contributed by atoms with Crippen LogP contribution in [0.3, 0.4) is 0 Å². The zero-order valence-corrected chi connectivity index (χ0v) is 11.9. The molecule has 1 heterocycles. The molecule has 5 nitrogen and oxygen atoms in total. The molecule has 0 aromatic heterocycles. The summed E-state index contributed by atoms with van der Waals surface area (Å²) >= 11 is 3.35. The van der Waals surface area contributed by atoms with Crippen molar-refractivity contribution in [3.63, 3.8) is 0 Å². The summed E-state index contributed by atoms with van der Waals surface area (Å²) in [6.45, 7) is 1.97. The maximum absolute atomic E-state index is 10.8. The van der Waals surface area contributed by atoms with Crippen LogP contribution in [0.15, 0.2) is 22.7 Å². The molecule has 0 amide bonds. The first kappa shape index (κ1) is 14.5. The maximum Gasteiger partial charge on any atom is 0.335 e. The summed E-state index contributed by atoms with van der Waals surface area (Å²) in [5.74, 6) is -0.947. The van der Waals surface area contributed by atoms with Crippen LogP contribution in [0.2, 0.25) is 0 Å². The van der Waals surface area contributed by atoms with Crippen molar-refractivity contribution in [1.29, 1.82) is 0 Å². The number of hydrogen-bond donors (Lipinski definition) is 3. The van der Waals surface area contributed by atoms with E-state index in [0.29, 0.717) is 32.7 Å². The first-order chi connectivity index (χ1) is 9.00. The average Bonchev–Trinajstić information content (AvgIpc) is 2.78. The van der Waals surface area contributed by atoms with E-state index >= 15 is 0 Å². The Hall–Kier alpha value is -0.950. The van der Waals surface area contributed by atoms with Crippen molar-refractivity contribution in [1.82, 2.24) is 5.32 Å². The van der Waals surface area contributed by atoms with Crippen molar-refractivity contribution >= 4 is 21.9 Å². The standard InChI is InChI=1S/C13H16BrNO4/c14-11-5-9(12(16)17)1-2-10(11)6-15-7-13(18)3-4-19-8-13/h1-2,5,15,18H,3-4,6-8H2,(H,16,17). The van der Waals surface area contributed by atoms with Gasteiger partial charge in [-0.25, -0.2) is 4.79 Å². The van der Waals surface area contributed by atoms with E-state index in [2.05, 4.69) is 21.2 Å². The predicted octanol–water partition coefficient (Wildman–Crippen LogP) is 1.39. The fourth-order valence-corrected chi connectivity index (χ4v) is 2.51.